The lowest BCUT2D eigenvalue weighted by Gasteiger charge is -2.20. The summed E-state index contributed by atoms with van der Waals surface area (Å²) in [6, 6.07) is 16.8. The van der Waals surface area contributed by atoms with Crippen LogP contribution in [0.3, 0.4) is 0 Å². The summed E-state index contributed by atoms with van der Waals surface area (Å²) in [5, 5.41) is 0. The third kappa shape index (κ3) is 3.67. The molecule has 2 nitrogen and oxygen atoms in total. The average Bonchev–Trinajstić information content (AvgIpc) is 2.40. The van der Waals surface area contributed by atoms with Crippen LogP contribution in [0.25, 0.3) is 0 Å². The average molecular weight is 240 g/mol. The molecule has 0 fully saturated rings. The number of rotatable bonds is 5. The molecule has 0 amide bonds. The first kappa shape index (κ1) is 12.8. The minimum Gasteiger partial charge on any atom is -0.309 e. The molecular formula is C16H20N2. The van der Waals surface area contributed by atoms with E-state index < -0.39 is 0 Å². The molecule has 2 heteroatoms. The molecule has 0 bridgehead atoms. The molecule has 0 aliphatic heterocycles. The lowest BCUT2D eigenvalue weighted by molar-refractivity contribution is 0.368. The van der Waals surface area contributed by atoms with Gasteiger partial charge in [-0.25, -0.2) is 0 Å². The summed E-state index contributed by atoms with van der Waals surface area (Å²) in [5.41, 5.74) is 2.55. The molecule has 0 aliphatic rings. The summed E-state index contributed by atoms with van der Waals surface area (Å²) in [6.07, 6.45) is 2.92. The van der Waals surface area contributed by atoms with Crippen molar-refractivity contribution in [3.8, 4) is 0 Å². The molecule has 2 aromatic rings. The number of benzene rings is 1. The Morgan fingerprint density at radius 2 is 1.72 bits per heavy atom. The van der Waals surface area contributed by atoms with E-state index in [1.807, 2.05) is 12.3 Å². The van der Waals surface area contributed by atoms with Crippen LogP contribution in [0.5, 0.6) is 0 Å². The van der Waals surface area contributed by atoms with E-state index >= 15 is 0 Å². The van der Waals surface area contributed by atoms with Gasteiger partial charge in [-0.1, -0.05) is 36.4 Å². The number of pyridine rings is 1. The molecule has 0 saturated heterocycles. The standard InChI is InChI=1S/C16H20N2/c1-18(2)13-15(16-10-6-7-11-17-16)12-14-8-4-3-5-9-14/h3-11,15H,12-13H2,1-2H3. The van der Waals surface area contributed by atoms with Gasteiger partial charge in [0.15, 0.2) is 0 Å². The van der Waals surface area contributed by atoms with Gasteiger partial charge in [-0.15, -0.1) is 0 Å². The van der Waals surface area contributed by atoms with Crippen LogP contribution in [0, 0.1) is 0 Å². The number of aromatic nitrogens is 1. The second-order valence-electron chi connectivity index (χ2n) is 4.90. The highest BCUT2D eigenvalue weighted by molar-refractivity contribution is 5.20. The molecule has 0 radical (unpaired) electrons. The monoisotopic (exact) mass is 240 g/mol. The molecule has 2 rings (SSSR count). The van der Waals surface area contributed by atoms with Crippen molar-refractivity contribution >= 4 is 0 Å². The van der Waals surface area contributed by atoms with Gasteiger partial charge in [0, 0.05) is 24.4 Å². The predicted molar refractivity (Wildman–Crippen MR) is 75.7 cm³/mol. The van der Waals surface area contributed by atoms with Crippen LogP contribution >= 0.6 is 0 Å². The third-order valence-corrected chi connectivity index (χ3v) is 3.02. The smallest absolute Gasteiger partial charge is 0.0450 e. The predicted octanol–water partition coefficient (Wildman–Crippen LogP) is 2.97. The van der Waals surface area contributed by atoms with Crippen LogP contribution in [0.2, 0.25) is 0 Å². The molecule has 18 heavy (non-hydrogen) atoms. The Labute approximate surface area is 109 Å². The van der Waals surface area contributed by atoms with Crippen LogP contribution in [0.4, 0.5) is 0 Å². The molecule has 1 aromatic carbocycles. The molecule has 1 unspecified atom stereocenters. The maximum atomic E-state index is 4.50. The Morgan fingerprint density at radius 1 is 1.00 bits per heavy atom. The molecule has 1 heterocycles. The summed E-state index contributed by atoms with van der Waals surface area (Å²) >= 11 is 0. The van der Waals surface area contributed by atoms with Gasteiger partial charge in [-0.05, 0) is 38.2 Å². The number of hydrogen-bond acceptors (Lipinski definition) is 2. The molecule has 1 atom stereocenters. The Hall–Kier alpha value is -1.67. The van der Waals surface area contributed by atoms with Crippen molar-refractivity contribution in [1.29, 1.82) is 0 Å². The Balaban J connectivity index is 2.16. The zero-order valence-electron chi connectivity index (χ0n) is 11.1. The summed E-state index contributed by atoms with van der Waals surface area (Å²) < 4.78 is 0. The van der Waals surface area contributed by atoms with Crippen LogP contribution < -0.4 is 0 Å². The van der Waals surface area contributed by atoms with Crippen molar-refractivity contribution in [3.63, 3.8) is 0 Å². The highest BCUT2D eigenvalue weighted by Crippen LogP contribution is 2.19. The fourth-order valence-electron chi connectivity index (χ4n) is 2.22. The minimum absolute atomic E-state index is 0.448. The molecule has 0 N–H and O–H groups in total. The highest BCUT2D eigenvalue weighted by atomic mass is 15.1. The highest BCUT2D eigenvalue weighted by Gasteiger charge is 2.14. The van der Waals surface area contributed by atoms with Crippen LogP contribution in [-0.4, -0.2) is 30.5 Å². The molecule has 0 spiro atoms. The van der Waals surface area contributed by atoms with Crippen molar-refractivity contribution in [2.45, 2.75) is 12.3 Å². The van der Waals surface area contributed by atoms with E-state index in [0.717, 1.165) is 13.0 Å². The number of likely N-dealkylation sites (N-methyl/N-ethyl adjacent to an activating group) is 1. The van der Waals surface area contributed by atoms with Gasteiger partial charge in [0.05, 0.1) is 0 Å². The Kier molecular flexibility index (Phi) is 4.48. The maximum absolute atomic E-state index is 4.50. The molecular weight excluding hydrogens is 220 g/mol. The largest absolute Gasteiger partial charge is 0.309 e. The second kappa shape index (κ2) is 6.31. The van der Waals surface area contributed by atoms with Crippen LogP contribution in [0.15, 0.2) is 54.7 Å². The zero-order valence-corrected chi connectivity index (χ0v) is 11.1. The Morgan fingerprint density at radius 3 is 2.33 bits per heavy atom. The third-order valence-electron chi connectivity index (χ3n) is 3.02. The van der Waals surface area contributed by atoms with E-state index in [1.54, 1.807) is 0 Å². The number of nitrogens with zero attached hydrogens (tertiary/aromatic N) is 2. The summed E-state index contributed by atoms with van der Waals surface area (Å²) in [7, 11) is 4.22. The van der Waals surface area contributed by atoms with Crippen molar-refractivity contribution < 1.29 is 0 Å². The van der Waals surface area contributed by atoms with E-state index in [-0.39, 0.29) is 0 Å². The van der Waals surface area contributed by atoms with Crippen LogP contribution in [-0.2, 0) is 6.42 Å². The van der Waals surface area contributed by atoms with Gasteiger partial charge >= 0.3 is 0 Å². The lowest BCUT2D eigenvalue weighted by atomic mass is 9.95. The topological polar surface area (TPSA) is 16.1 Å². The van der Waals surface area contributed by atoms with E-state index in [0.29, 0.717) is 5.92 Å². The van der Waals surface area contributed by atoms with Crippen LogP contribution in [0.1, 0.15) is 17.2 Å². The zero-order chi connectivity index (χ0) is 12.8. The first-order valence-electron chi connectivity index (χ1n) is 6.35. The molecule has 94 valence electrons. The Bertz CT molecular complexity index is 451. The summed E-state index contributed by atoms with van der Waals surface area (Å²) in [5.74, 6) is 0.448. The van der Waals surface area contributed by atoms with Crippen molar-refractivity contribution in [2.24, 2.45) is 0 Å². The minimum atomic E-state index is 0.448. The quantitative estimate of drug-likeness (QED) is 0.798. The molecule has 0 saturated carbocycles. The number of hydrogen-bond donors (Lipinski definition) is 0. The van der Waals surface area contributed by atoms with Gasteiger partial charge in [-0.2, -0.15) is 0 Å². The van der Waals surface area contributed by atoms with Gasteiger partial charge in [-0.3, -0.25) is 4.98 Å². The summed E-state index contributed by atoms with van der Waals surface area (Å²) in [6.45, 7) is 1.02. The SMILES string of the molecule is CN(C)CC(Cc1ccccc1)c1ccccn1. The fourth-order valence-corrected chi connectivity index (χ4v) is 2.22. The fraction of sp³-hybridized carbons (Fsp3) is 0.312. The normalized spacial score (nSPS) is 12.6. The van der Waals surface area contributed by atoms with E-state index in [2.05, 4.69) is 66.4 Å². The van der Waals surface area contributed by atoms with Crippen molar-refractivity contribution in [1.82, 2.24) is 9.88 Å². The van der Waals surface area contributed by atoms with E-state index in [1.165, 1.54) is 11.3 Å². The lowest BCUT2D eigenvalue weighted by Crippen LogP contribution is -2.22. The molecule has 0 aliphatic carbocycles. The van der Waals surface area contributed by atoms with Gasteiger partial charge in [0.25, 0.3) is 0 Å². The maximum Gasteiger partial charge on any atom is 0.0450 e. The van der Waals surface area contributed by atoms with Gasteiger partial charge in [0.1, 0.15) is 0 Å². The van der Waals surface area contributed by atoms with Gasteiger partial charge in [0.2, 0.25) is 0 Å². The first-order chi connectivity index (χ1) is 8.75. The van der Waals surface area contributed by atoms with E-state index in [9.17, 15) is 0 Å². The molecule has 1 aromatic heterocycles. The second-order valence-corrected chi connectivity index (χ2v) is 4.90. The first-order valence-corrected chi connectivity index (χ1v) is 6.35. The van der Waals surface area contributed by atoms with Crippen molar-refractivity contribution in [3.05, 3.63) is 66.0 Å². The van der Waals surface area contributed by atoms with Crippen molar-refractivity contribution in [2.75, 3.05) is 20.6 Å². The van der Waals surface area contributed by atoms with Gasteiger partial charge < -0.3 is 4.90 Å². The van der Waals surface area contributed by atoms with E-state index in [4.69, 9.17) is 0 Å². The summed E-state index contributed by atoms with van der Waals surface area (Å²) in [4.78, 5) is 6.73.